The Morgan fingerprint density at radius 3 is 2.28 bits per heavy atom. The highest BCUT2D eigenvalue weighted by molar-refractivity contribution is 5.86. The number of nitrogens with zero attached hydrogens (tertiary/aromatic N) is 2. The number of para-hydroxylation sites is 2. The molecule has 1 aromatic heterocycles. The van der Waals surface area contributed by atoms with Gasteiger partial charge in [-0.05, 0) is 24.3 Å². The molecule has 0 aliphatic rings. The first kappa shape index (κ1) is 10.9. The van der Waals surface area contributed by atoms with Gasteiger partial charge in [-0.25, -0.2) is 9.97 Å². The predicted molar refractivity (Wildman–Crippen MR) is 69.6 cm³/mol. The molecule has 0 saturated carbocycles. The summed E-state index contributed by atoms with van der Waals surface area (Å²) in [6, 6.07) is 13.3. The molecule has 0 saturated heterocycles. The van der Waals surface area contributed by atoms with Crippen LogP contribution in [-0.2, 0) is 0 Å². The van der Waals surface area contributed by atoms with Gasteiger partial charge in [0.05, 0.1) is 28.7 Å². The maximum absolute atomic E-state index is 8.73. The Morgan fingerprint density at radius 1 is 0.889 bits per heavy atom. The van der Waals surface area contributed by atoms with E-state index in [1.807, 2.05) is 42.5 Å². The van der Waals surface area contributed by atoms with Crippen molar-refractivity contribution in [3.8, 4) is 5.75 Å². The molecule has 0 unspecified atom stereocenters. The lowest BCUT2D eigenvalue weighted by Crippen LogP contribution is -2.01. The van der Waals surface area contributed by atoms with Crippen LogP contribution in [0.25, 0.3) is 22.1 Å². The van der Waals surface area contributed by atoms with E-state index in [1.165, 1.54) is 0 Å². The molecule has 2 aromatic carbocycles. The van der Waals surface area contributed by atoms with Crippen molar-refractivity contribution in [1.29, 1.82) is 0 Å². The molecule has 18 heavy (non-hydrogen) atoms. The Bertz CT molecular complexity index is 698. The van der Waals surface area contributed by atoms with Crippen LogP contribution in [0.1, 0.15) is 0 Å². The van der Waals surface area contributed by atoms with E-state index in [0.717, 1.165) is 22.1 Å². The lowest BCUT2D eigenvalue weighted by atomic mass is 10.2. The number of benzene rings is 2. The highest BCUT2D eigenvalue weighted by Gasteiger charge is 2.02. The van der Waals surface area contributed by atoms with Gasteiger partial charge < -0.3 is 9.84 Å². The minimum absolute atomic E-state index is 0.00142. The molecule has 0 radical (unpaired) electrons. The first-order valence-electron chi connectivity index (χ1n) is 5.77. The number of fused-ring (bicyclic) bond motifs is 2. The van der Waals surface area contributed by atoms with Gasteiger partial charge in [-0.2, -0.15) is 0 Å². The van der Waals surface area contributed by atoms with Crippen LogP contribution < -0.4 is 4.74 Å². The predicted octanol–water partition coefficient (Wildman–Crippen LogP) is 2.15. The van der Waals surface area contributed by atoms with E-state index >= 15 is 0 Å². The SMILES string of the molecule is OCCOc1ccc2nc3ccccc3nc2c1. The minimum Gasteiger partial charge on any atom is -0.491 e. The van der Waals surface area contributed by atoms with Crippen molar-refractivity contribution in [1.82, 2.24) is 9.97 Å². The van der Waals surface area contributed by atoms with Crippen molar-refractivity contribution in [2.24, 2.45) is 0 Å². The van der Waals surface area contributed by atoms with E-state index in [4.69, 9.17) is 9.84 Å². The standard InChI is InChI=1S/C14H12N2O2/c17-7-8-18-10-5-6-13-14(9-10)16-12-4-2-1-3-11(12)15-13/h1-6,9,17H,7-8H2. The molecule has 0 aliphatic carbocycles. The number of ether oxygens (including phenoxy) is 1. The van der Waals surface area contributed by atoms with Crippen molar-refractivity contribution in [2.45, 2.75) is 0 Å². The summed E-state index contributed by atoms with van der Waals surface area (Å²) in [5, 5.41) is 8.73. The van der Waals surface area contributed by atoms with Crippen LogP contribution in [0, 0.1) is 0 Å². The zero-order chi connectivity index (χ0) is 12.4. The number of aromatic nitrogens is 2. The van der Waals surface area contributed by atoms with Gasteiger partial charge >= 0.3 is 0 Å². The molecule has 1 N–H and O–H groups in total. The quantitative estimate of drug-likeness (QED) is 0.713. The maximum atomic E-state index is 8.73. The van der Waals surface area contributed by atoms with Crippen molar-refractivity contribution in [3.63, 3.8) is 0 Å². The highest BCUT2D eigenvalue weighted by atomic mass is 16.5. The molecule has 3 rings (SSSR count). The third kappa shape index (κ3) is 1.98. The summed E-state index contributed by atoms with van der Waals surface area (Å²) in [6.07, 6.45) is 0. The van der Waals surface area contributed by atoms with Crippen LogP contribution in [0.3, 0.4) is 0 Å². The van der Waals surface area contributed by atoms with Gasteiger partial charge in [-0.1, -0.05) is 12.1 Å². The Labute approximate surface area is 104 Å². The van der Waals surface area contributed by atoms with E-state index in [9.17, 15) is 0 Å². The van der Waals surface area contributed by atoms with Crippen molar-refractivity contribution in [3.05, 3.63) is 42.5 Å². The second kappa shape index (κ2) is 4.58. The van der Waals surface area contributed by atoms with E-state index in [-0.39, 0.29) is 13.2 Å². The van der Waals surface area contributed by atoms with Crippen LogP contribution in [0.5, 0.6) is 5.75 Å². The molecule has 0 atom stereocenters. The summed E-state index contributed by atoms with van der Waals surface area (Å²) >= 11 is 0. The summed E-state index contributed by atoms with van der Waals surface area (Å²) in [7, 11) is 0. The summed E-state index contributed by atoms with van der Waals surface area (Å²) in [4.78, 5) is 9.07. The second-order valence-corrected chi connectivity index (χ2v) is 3.93. The van der Waals surface area contributed by atoms with Crippen LogP contribution in [0.4, 0.5) is 0 Å². The van der Waals surface area contributed by atoms with Gasteiger partial charge in [0.25, 0.3) is 0 Å². The summed E-state index contributed by atoms with van der Waals surface area (Å²) in [5.74, 6) is 0.695. The number of hydrogen-bond acceptors (Lipinski definition) is 4. The third-order valence-corrected chi connectivity index (χ3v) is 2.67. The monoisotopic (exact) mass is 240 g/mol. The lowest BCUT2D eigenvalue weighted by Gasteiger charge is -2.05. The smallest absolute Gasteiger partial charge is 0.121 e. The van der Waals surface area contributed by atoms with Gasteiger partial charge in [0.2, 0.25) is 0 Å². The molecule has 90 valence electrons. The largest absolute Gasteiger partial charge is 0.491 e. The molecule has 3 aromatic rings. The zero-order valence-electron chi connectivity index (χ0n) is 9.71. The minimum atomic E-state index is 0.00142. The molecule has 0 fully saturated rings. The van der Waals surface area contributed by atoms with Crippen molar-refractivity contribution in [2.75, 3.05) is 13.2 Å². The van der Waals surface area contributed by atoms with Crippen LogP contribution in [0.2, 0.25) is 0 Å². The average molecular weight is 240 g/mol. The molecule has 0 aliphatic heterocycles. The number of aliphatic hydroxyl groups excluding tert-OH is 1. The molecule has 0 amide bonds. The molecular formula is C14H12N2O2. The van der Waals surface area contributed by atoms with E-state index in [1.54, 1.807) is 0 Å². The first-order valence-corrected chi connectivity index (χ1v) is 5.77. The third-order valence-electron chi connectivity index (χ3n) is 2.67. The molecule has 4 nitrogen and oxygen atoms in total. The van der Waals surface area contributed by atoms with Gasteiger partial charge in [-0.15, -0.1) is 0 Å². The lowest BCUT2D eigenvalue weighted by molar-refractivity contribution is 0.201. The molecule has 1 heterocycles. The Morgan fingerprint density at radius 2 is 1.56 bits per heavy atom. The molecule has 0 spiro atoms. The fourth-order valence-corrected chi connectivity index (χ4v) is 1.85. The summed E-state index contributed by atoms with van der Waals surface area (Å²) in [6.45, 7) is 0.286. The number of aliphatic hydroxyl groups is 1. The maximum Gasteiger partial charge on any atom is 0.121 e. The van der Waals surface area contributed by atoms with Crippen LogP contribution >= 0.6 is 0 Å². The van der Waals surface area contributed by atoms with E-state index in [0.29, 0.717) is 5.75 Å². The van der Waals surface area contributed by atoms with Gasteiger partial charge in [0, 0.05) is 6.07 Å². The van der Waals surface area contributed by atoms with Gasteiger partial charge in [0.1, 0.15) is 12.4 Å². The normalized spacial score (nSPS) is 10.9. The fourth-order valence-electron chi connectivity index (χ4n) is 1.85. The van der Waals surface area contributed by atoms with Crippen molar-refractivity contribution >= 4 is 22.1 Å². The van der Waals surface area contributed by atoms with Crippen molar-refractivity contribution < 1.29 is 9.84 Å². The Balaban J connectivity index is 2.12. The Hall–Kier alpha value is -2.20. The first-order chi connectivity index (χ1) is 8.86. The van der Waals surface area contributed by atoms with Crippen LogP contribution in [0.15, 0.2) is 42.5 Å². The van der Waals surface area contributed by atoms with E-state index in [2.05, 4.69) is 9.97 Å². The molecule has 0 bridgehead atoms. The van der Waals surface area contributed by atoms with Crippen LogP contribution in [-0.4, -0.2) is 28.3 Å². The molecule has 4 heteroatoms. The van der Waals surface area contributed by atoms with Gasteiger partial charge in [-0.3, -0.25) is 0 Å². The number of hydrogen-bond donors (Lipinski definition) is 1. The van der Waals surface area contributed by atoms with Gasteiger partial charge in [0.15, 0.2) is 0 Å². The average Bonchev–Trinajstić information content (AvgIpc) is 2.42. The Kier molecular flexibility index (Phi) is 2.78. The summed E-state index contributed by atoms with van der Waals surface area (Å²) in [5.41, 5.74) is 3.38. The topological polar surface area (TPSA) is 55.2 Å². The molecular weight excluding hydrogens is 228 g/mol. The highest BCUT2D eigenvalue weighted by Crippen LogP contribution is 2.20. The summed E-state index contributed by atoms with van der Waals surface area (Å²) < 4.78 is 5.36. The second-order valence-electron chi connectivity index (χ2n) is 3.93. The zero-order valence-corrected chi connectivity index (χ0v) is 9.71. The number of rotatable bonds is 3. The van der Waals surface area contributed by atoms with E-state index < -0.39 is 0 Å². The fraction of sp³-hybridized carbons (Fsp3) is 0.143.